The smallest absolute Gasteiger partial charge is 0.221 e. The fraction of sp³-hybridized carbons (Fsp3) is 0.0588. The second-order valence-corrected chi connectivity index (χ2v) is 5.50. The van der Waals surface area contributed by atoms with Gasteiger partial charge in [0.15, 0.2) is 17.2 Å². The maximum atomic E-state index is 11.3. The average Bonchev–Trinajstić information content (AvgIpc) is 2.97. The van der Waals surface area contributed by atoms with Gasteiger partial charge in [-0.15, -0.1) is 0 Å². The molecule has 0 saturated heterocycles. The van der Waals surface area contributed by atoms with Crippen molar-refractivity contribution in [2.45, 2.75) is 6.92 Å². The van der Waals surface area contributed by atoms with Gasteiger partial charge in [-0.1, -0.05) is 29.8 Å². The summed E-state index contributed by atoms with van der Waals surface area (Å²) >= 11 is 5.94. The predicted octanol–water partition coefficient (Wildman–Crippen LogP) is 4.10. The fourth-order valence-electron chi connectivity index (χ4n) is 2.28. The molecule has 0 spiro atoms. The normalized spacial score (nSPS) is 11.5. The molecule has 2 aromatic carbocycles. The standard InChI is InChI=1S/C17H14ClN3O3/c1-10(22)19-14-7-2-4-11-8-15(24-16(11)14)17(21-23)20-13-6-3-5-12(18)9-13/h2-9,23H,1H3,(H,19,22)(H,20,21). The van der Waals surface area contributed by atoms with E-state index in [1.54, 1.807) is 42.5 Å². The SMILES string of the molecule is CC(=O)Nc1cccc2cc(C(=Nc3cccc(Cl)c3)NO)oc12. The number of amides is 1. The summed E-state index contributed by atoms with van der Waals surface area (Å²) in [7, 11) is 0. The zero-order valence-corrected chi connectivity index (χ0v) is 13.5. The van der Waals surface area contributed by atoms with E-state index in [9.17, 15) is 10.0 Å². The van der Waals surface area contributed by atoms with E-state index in [0.717, 1.165) is 5.39 Å². The monoisotopic (exact) mass is 343 g/mol. The number of hydroxylamine groups is 1. The first-order chi connectivity index (χ1) is 11.6. The van der Waals surface area contributed by atoms with Crippen LogP contribution in [0.3, 0.4) is 0 Å². The van der Waals surface area contributed by atoms with Crippen molar-refractivity contribution < 1.29 is 14.4 Å². The second-order valence-electron chi connectivity index (χ2n) is 5.07. The molecule has 1 heterocycles. The Morgan fingerprint density at radius 3 is 2.71 bits per heavy atom. The zero-order chi connectivity index (χ0) is 17.1. The molecule has 0 aliphatic carbocycles. The van der Waals surface area contributed by atoms with Gasteiger partial charge in [0.1, 0.15) is 0 Å². The Kier molecular flexibility index (Phi) is 4.50. The van der Waals surface area contributed by atoms with Crippen LogP contribution < -0.4 is 10.8 Å². The van der Waals surface area contributed by atoms with Crippen molar-refractivity contribution in [2.75, 3.05) is 5.32 Å². The molecule has 0 bridgehead atoms. The van der Waals surface area contributed by atoms with Gasteiger partial charge in [-0.05, 0) is 30.3 Å². The summed E-state index contributed by atoms with van der Waals surface area (Å²) in [5, 5.41) is 13.4. The van der Waals surface area contributed by atoms with Crippen LogP contribution in [-0.2, 0) is 4.79 Å². The molecule has 122 valence electrons. The number of carbonyl (C=O) groups is 1. The Balaban J connectivity index is 2.05. The fourth-order valence-corrected chi connectivity index (χ4v) is 2.46. The number of hydrogen-bond acceptors (Lipinski definition) is 4. The van der Waals surface area contributed by atoms with Crippen molar-refractivity contribution in [1.29, 1.82) is 0 Å². The molecule has 3 aromatic rings. The van der Waals surface area contributed by atoms with Crippen molar-refractivity contribution in [2.24, 2.45) is 4.99 Å². The number of amidine groups is 1. The van der Waals surface area contributed by atoms with Gasteiger partial charge in [0.25, 0.3) is 0 Å². The van der Waals surface area contributed by atoms with Gasteiger partial charge in [0.2, 0.25) is 5.91 Å². The van der Waals surface area contributed by atoms with Crippen molar-refractivity contribution >= 4 is 45.7 Å². The Morgan fingerprint density at radius 2 is 2.00 bits per heavy atom. The number of aliphatic imine (C=N–C) groups is 1. The topological polar surface area (TPSA) is 86.9 Å². The Bertz CT molecular complexity index is 934. The van der Waals surface area contributed by atoms with Crippen molar-refractivity contribution in [3.05, 3.63) is 59.3 Å². The summed E-state index contributed by atoms with van der Waals surface area (Å²) in [5.74, 6) is 0.251. The number of nitrogens with one attached hydrogen (secondary N) is 2. The van der Waals surface area contributed by atoms with E-state index >= 15 is 0 Å². The Morgan fingerprint density at radius 1 is 1.21 bits per heavy atom. The van der Waals surface area contributed by atoms with Crippen LogP contribution in [0, 0.1) is 0 Å². The lowest BCUT2D eigenvalue weighted by molar-refractivity contribution is -0.114. The first kappa shape index (κ1) is 16.0. The summed E-state index contributed by atoms with van der Waals surface area (Å²) < 4.78 is 5.75. The minimum Gasteiger partial charge on any atom is -0.451 e. The third-order valence-electron chi connectivity index (χ3n) is 3.24. The van der Waals surface area contributed by atoms with Crippen LogP contribution in [0.1, 0.15) is 12.7 Å². The number of nitrogens with zero attached hydrogens (tertiary/aromatic N) is 1. The summed E-state index contributed by atoms with van der Waals surface area (Å²) in [4.78, 5) is 15.6. The summed E-state index contributed by atoms with van der Waals surface area (Å²) in [5.41, 5.74) is 3.63. The van der Waals surface area contributed by atoms with Crippen LogP contribution in [0.4, 0.5) is 11.4 Å². The molecule has 0 aliphatic rings. The highest BCUT2D eigenvalue weighted by molar-refractivity contribution is 6.30. The van der Waals surface area contributed by atoms with E-state index in [-0.39, 0.29) is 11.7 Å². The number of furan rings is 1. The van der Waals surface area contributed by atoms with E-state index < -0.39 is 0 Å². The molecule has 0 atom stereocenters. The Hall–Kier alpha value is -2.83. The third-order valence-corrected chi connectivity index (χ3v) is 3.48. The van der Waals surface area contributed by atoms with Crippen LogP contribution in [-0.4, -0.2) is 17.0 Å². The lowest BCUT2D eigenvalue weighted by Gasteiger charge is -2.03. The van der Waals surface area contributed by atoms with Gasteiger partial charge < -0.3 is 9.73 Å². The van der Waals surface area contributed by atoms with Crippen molar-refractivity contribution in [3.8, 4) is 0 Å². The lowest BCUT2D eigenvalue weighted by atomic mass is 10.2. The molecule has 3 N–H and O–H groups in total. The average molecular weight is 344 g/mol. The lowest BCUT2D eigenvalue weighted by Crippen LogP contribution is -2.19. The largest absolute Gasteiger partial charge is 0.451 e. The quantitative estimate of drug-likeness (QED) is 0.379. The van der Waals surface area contributed by atoms with Gasteiger partial charge in [-0.3, -0.25) is 10.0 Å². The molecule has 0 radical (unpaired) electrons. The van der Waals surface area contributed by atoms with Crippen LogP contribution in [0.5, 0.6) is 0 Å². The predicted molar refractivity (Wildman–Crippen MR) is 93.1 cm³/mol. The van der Waals surface area contributed by atoms with Crippen molar-refractivity contribution in [1.82, 2.24) is 5.48 Å². The second kappa shape index (κ2) is 6.74. The van der Waals surface area contributed by atoms with E-state index in [1.165, 1.54) is 6.92 Å². The molecule has 3 rings (SSSR count). The number of fused-ring (bicyclic) bond motifs is 1. The Labute approximate surface area is 142 Å². The summed E-state index contributed by atoms with van der Waals surface area (Å²) in [6, 6.07) is 14.0. The number of hydrogen-bond donors (Lipinski definition) is 3. The number of para-hydroxylation sites is 1. The number of benzene rings is 2. The maximum absolute atomic E-state index is 11.3. The summed E-state index contributed by atoms with van der Waals surface area (Å²) in [6.45, 7) is 1.42. The first-order valence-electron chi connectivity index (χ1n) is 7.11. The van der Waals surface area contributed by atoms with E-state index in [2.05, 4.69) is 10.3 Å². The highest BCUT2D eigenvalue weighted by atomic mass is 35.5. The number of carbonyl (C=O) groups excluding carboxylic acids is 1. The highest BCUT2D eigenvalue weighted by Crippen LogP contribution is 2.28. The van der Waals surface area contributed by atoms with Crippen LogP contribution in [0.25, 0.3) is 11.0 Å². The molecule has 1 amide bonds. The molecule has 0 saturated carbocycles. The molecular formula is C17H14ClN3O3. The molecule has 0 aliphatic heterocycles. The zero-order valence-electron chi connectivity index (χ0n) is 12.7. The minimum absolute atomic E-state index is 0.127. The molecule has 7 heteroatoms. The van der Waals surface area contributed by atoms with Crippen LogP contribution in [0.2, 0.25) is 5.02 Å². The molecular weight excluding hydrogens is 330 g/mol. The van der Waals surface area contributed by atoms with Crippen LogP contribution >= 0.6 is 11.6 Å². The van der Waals surface area contributed by atoms with Gasteiger partial charge in [0, 0.05) is 17.3 Å². The third kappa shape index (κ3) is 3.40. The van der Waals surface area contributed by atoms with Crippen molar-refractivity contribution in [3.63, 3.8) is 0 Å². The molecule has 6 nitrogen and oxygen atoms in total. The summed E-state index contributed by atoms with van der Waals surface area (Å²) in [6.07, 6.45) is 0. The minimum atomic E-state index is -0.200. The van der Waals surface area contributed by atoms with Gasteiger partial charge in [-0.2, -0.15) is 0 Å². The number of rotatable bonds is 3. The van der Waals surface area contributed by atoms with Gasteiger partial charge >= 0.3 is 0 Å². The van der Waals surface area contributed by atoms with E-state index in [0.29, 0.717) is 27.7 Å². The molecule has 1 aromatic heterocycles. The number of halogens is 1. The molecule has 24 heavy (non-hydrogen) atoms. The maximum Gasteiger partial charge on any atom is 0.221 e. The molecule has 0 unspecified atom stereocenters. The first-order valence-corrected chi connectivity index (χ1v) is 7.49. The van der Waals surface area contributed by atoms with Gasteiger partial charge in [0.05, 0.1) is 11.4 Å². The van der Waals surface area contributed by atoms with Crippen LogP contribution in [0.15, 0.2) is 57.9 Å². The highest BCUT2D eigenvalue weighted by Gasteiger charge is 2.13. The van der Waals surface area contributed by atoms with E-state index in [4.69, 9.17) is 16.0 Å². The number of anilines is 1. The van der Waals surface area contributed by atoms with Gasteiger partial charge in [-0.25, -0.2) is 10.5 Å². The van der Waals surface area contributed by atoms with E-state index in [1.807, 2.05) is 11.5 Å². The molecule has 0 fully saturated rings.